The lowest BCUT2D eigenvalue weighted by Gasteiger charge is -2.14. The zero-order valence-electron chi connectivity index (χ0n) is 14.5. The lowest BCUT2D eigenvalue weighted by atomic mass is 10.1. The van der Waals surface area contributed by atoms with Crippen molar-refractivity contribution >= 4 is 22.9 Å². The molecular formula is C20H22N2O3S. The van der Waals surface area contributed by atoms with Gasteiger partial charge in [0.1, 0.15) is 12.4 Å². The smallest absolute Gasteiger partial charge is 0.281 e. The predicted octanol–water partition coefficient (Wildman–Crippen LogP) is 3.44. The zero-order chi connectivity index (χ0) is 18.2. The van der Waals surface area contributed by atoms with E-state index in [2.05, 4.69) is 5.32 Å². The number of nitrogens with one attached hydrogen (secondary N) is 1. The van der Waals surface area contributed by atoms with Crippen LogP contribution in [0.5, 0.6) is 5.75 Å². The van der Waals surface area contributed by atoms with E-state index in [1.54, 1.807) is 4.90 Å². The summed E-state index contributed by atoms with van der Waals surface area (Å²) in [6.45, 7) is 2.23. The molecule has 1 saturated heterocycles. The summed E-state index contributed by atoms with van der Waals surface area (Å²) in [6.07, 6.45) is 0.343. The lowest BCUT2D eigenvalue weighted by Crippen LogP contribution is -2.30. The first-order valence-electron chi connectivity index (χ1n) is 8.65. The molecule has 5 nitrogen and oxygen atoms in total. The van der Waals surface area contributed by atoms with E-state index in [9.17, 15) is 9.59 Å². The van der Waals surface area contributed by atoms with E-state index in [4.69, 9.17) is 4.74 Å². The molecule has 0 saturated carbocycles. The molecule has 1 fully saturated rings. The maximum Gasteiger partial charge on any atom is 0.281 e. The van der Waals surface area contributed by atoms with Crippen LogP contribution in [-0.4, -0.2) is 34.9 Å². The molecule has 1 N–H and O–H groups in total. The molecular weight excluding hydrogens is 348 g/mol. The Balaban J connectivity index is 1.38. The number of ether oxygens (including phenoxy) is 1. The highest BCUT2D eigenvalue weighted by molar-refractivity contribution is 8.13. The molecule has 1 aliphatic rings. The highest BCUT2D eigenvalue weighted by Gasteiger charge is 2.21. The number of hydrogen-bond donors (Lipinski definition) is 1. The molecule has 1 heterocycles. The maximum absolute atomic E-state index is 11.9. The first-order chi connectivity index (χ1) is 12.7. The summed E-state index contributed by atoms with van der Waals surface area (Å²) < 4.78 is 5.72. The molecule has 3 rings (SSSR count). The van der Waals surface area contributed by atoms with Crippen molar-refractivity contribution < 1.29 is 14.3 Å². The number of rotatable bonds is 8. The van der Waals surface area contributed by atoms with Crippen LogP contribution in [0.1, 0.15) is 17.5 Å². The Morgan fingerprint density at radius 3 is 2.50 bits per heavy atom. The molecule has 2 aromatic rings. The fraction of sp³-hybridized carbons (Fsp3) is 0.300. The summed E-state index contributed by atoms with van der Waals surface area (Å²) in [5.41, 5.74) is 2.11. The normalized spacial score (nSPS) is 13.7. The van der Waals surface area contributed by atoms with Crippen molar-refractivity contribution in [3.8, 4) is 5.75 Å². The van der Waals surface area contributed by atoms with Crippen molar-refractivity contribution in [1.82, 2.24) is 10.2 Å². The molecule has 0 aliphatic carbocycles. The van der Waals surface area contributed by atoms with Gasteiger partial charge in [0.2, 0.25) is 5.91 Å². The largest absolute Gasteiger partial charge is 0.489 e. The summed E-state index contributed by atoms with van der Waals surface area (Å²) >= 11 is 1.32. The third-order valence-electron chi connectivity index (χ3n) is 4.12. The van der Waals surface area contributed by atoms with Gasteiger partial charge in [-0.3, -0.25) is 9.59 Å². The van der Waals surface area contributed by atoms with Crippen LogP contribution >= 0.6 is 11.8 Å². The van der Waals surface area contributed by atoms with E-state index in [-0.39, 0.29) is 11.1 Å². The Labute approximate surface area is 157 Å². The summed E-state index contributed by atoms with van der Waals surface area (Å²) in [5, 5.41) is 2.98. The number of carbonyl (C=O) groups is 2. The summed E-state index contributed by atoms with van der Waals surface area (Å²) in [5.74, 6) is 1.63. The van der Waals surface area contributed by atoms with Gasteiger partial charge >= 0.3 is 0 Å². The van der Waals surface area contributed by atoms with Crippen LogP contribution in [0.2, 0.25) is 0 Å². The zero-order valence-corrected chi connectivity index (χ0v) is 15.3. The van der Waals surface area contributed by atoms with Gasteiger partial charge in [-0.2, -0.15) is 0 Å². The van der Waals surface area contributed by atoms with E-state index in [0.717, 1.165) is 29.2 Å². The molecule has 1 aliphatic heterocycles. The van der Waals surface area contributed by atoms with Crippen LogP contribution in [-0.2, 0) is 17.9 Å². The van der Waals surface area contributed by atoms with Crippen LogP contribution in [0.25, 0.3) is 0 Å². The van der Waals surface area contributed by atoms with E-state index in [0.29, 0.717) is 26.1 Å². The lowest BCUT2D eigenvalue weighted by molar-refractivity contribution is -0.121. The van der Waals surface area contributed by atoms with Gasteiger partial charge in [0, 0.05) is 31.8 Å². The van der Waals surface area contributed by atoms with Crippen molar-refractivity contribution in [2.75, 3.05) is 18.8 Å². The molecule has 2 amide bonds. The fourth-order valence-electron chi connectivity index (χ4n) is 2.59. The van der Waals surface area contributed by atoms with Crippen molar-refractivity contribution in [3.05, 3.63) is 65.7 Å². The summed E-state index contributed by atoms with van der Waals surface area (Å²) in [7, 11) is 0. The number of para-hydroxylation sites is 1. The first kappa shape index (κ1) is 18.3. The molecule has 0 bridgehead atoms. The number of carbonyl (C=O) groups excluding carboxylic acids is 2. The quantitative estimate of drug-likeness (QED) is 0.773. The van der Waals surface area contributed by atoms with Crippen molar-refractivity contribution in [3.63, 3.8) is 0 Å². The summed E-state index contributed by atoms with van der Waals surface area (Å²) in [4.78, 5) is 25.1. The number of amides is 2. The minimum Gasteiger partial charge on any atom is -0.489 e. The number of hydrogen-bond acceptors (Lipinski definition) is 4. The molecule has 0 radical (unpaired) electrons. The van der Waals surface area contributed by atoms with Gasteiger partial charge in [-0.15, -0.1) is 0 Å². The molecule has 6 heteroatoms. The fourth-order valence-corrected chi connectivity index (χ4v) is 3.44. The molecule has 0 atom stereocenters. The molecule has 26 heavy (non-hydrogen) atoms. The molecule has 0 aromatic heterocycles. The molecule has 136 valence electrons. The van der Waals surface area contributed by atoms with Gasteiger partial charge in [-0.25, -0.2) is 0 Å². The summed E-state index contributed by atoms with van der Waals surface area (Å²) in [6, 6.07) is 17.7. The molecule has 0 unspecified atom stereocenters. The predicted molar refractivity (Wildman–Crippen MR) is 103 cm³/mol. The van der Waals surface area contributed by atoms with Crippen LogP contribution in [0.4, 0.5) is 4.79 Å². The van der Waals surface area contributed by atoms with Crippen molar-refractivity contribution in [2.45, 2.75) is 19.6 Å². The Kier molecular flexibility index (Phi) is 6.55. The Bertz CT molecular complexity index is 734. The van der Waals surface area contributed by atoms with E-state index in [1.165, 1.54) is 11.8 Å². The van der Waals surface area contributed by atoms with Crippen LogP contribution in [0.15, 0.2) is 54.6 Å². The first-order valence-corrected chi connectivity index (χ1v) is 9.63. The van der Waals surface area contributed by atoms with Gasteiger partial charge in [-0.1, -0.05) is 54.2 Å². The topological polar surface area (TPSA) is 58.6 Å². The van der Waals surface area contributed by atoms with Crippen molar-refractivity contribution in [1.29, 1.82) is 0 Å². The monoisotopic (exact) mass is 370 g/mol. The standard InChI is InChI=1S/C20H22N2O3S/c23-19(10-11-22-12-13-26-20(22)24)21-14-16-6-8-17(9-7-16)15-25-18-4-2-1-3-5-18/h1-9H,10-15H2,(H,21,23). The number of thioether (sulfide) groups is 1. The van der Waals surface area contributed by atoms with Gasteiger partial charge in [0.05, 0.1) is 0 Å². The Morgan fingerprint density at radius 2 is 1.81 bits per heavy atom. The van der Waals surface area contributed by atoms with Crippen LogP contribution < -0.4 is 10.1 Å². The van der Waals surface area contributed by atoms with E-state index >= 15 is 0 Å². The Hall–Kier alpha value is -2.47. The molecule has 0 spiro atoms. The minimum absolute atomic E-state index is 0.0359. The second-order valence-electron chi connectivity index (χ2n) is 6.05. The van der Waals surface area contributed by atoms with Gasteiger partial charge in [-0.05, 0) is 23.3 Å². The van der Waals surface area contributed by atoms with Crippen molar-refractivity contribution in [2.24, 2.45) is 0 Å². The highest BCUT2D eigenvalue weighted by atomic mass is 32.2. The average molecular weight is 370 g/mol. The molecule has 2 aromatic carbocycles. The number of benzene rings is 2. The van der Waals surface area contributed by atoms with E-state index < -0.39 is 0 Å². The van der Waals surface area contributed by atoms with Gasteiger partial charge in [0.15, 0.2) is 0 Å². The van der Waals surface area contributed by atoms with E-state index in [1.807, 2.05) is 54.6 Å². The van der Waals surface area contributed by atoms with Crippen LogP contribution in [0.3, 0.4) is 0 Å². The highest BCUT2D eigenvalue weighted by Crippen LogP contribution is 2.17. The van der Waals surface area contributed by atoms with Gasteiger partial charge in [0.25, 0.3) is 5.24 Å². The maximum atomic E-state index is 11.9. The van der Waals surface area contributed by atoms with Crippen LogP contribution in [0, 0.1) is 0 Å². The second-order valence-corrected chi connectivity index (χ2v) is 7.09. The second kappa shape index (κ2) is 9.29. The average Bonchev–Trinajstić information content (AvgIpc) is 3.09. The third kappa shape index (κ3) is 5.52. The Morgan fingerprint density at radius 1 is 1.08 bits per heavy atom. The minimum atomic E-state index is -0.0359. The van der Waals surface area contributed by atoms with Gasteiger partial charge < -0.3 is 15.0 Å². The SMILES string of the molecule is O=C(CCN1CCSC1=O)NCc1ccc(COc2ccccc2)cc1. The third-order valence-corrected chi connectivity index (χ3v) is 5.01. The number of nitrogens with zero attached hydrogens (tertiary/aromatic N) is 1.